The number of Topliss-reactive ketones (excluding diaryl/α,β-unsaturated/α-hetero) is 1. The summed E-state index contributed by atoms with van der Waals surface area (Å²) in [6.07, 6.45) is 5.65. The number of carbonyl (C=O) groups is 1. The van der Waals surface area contributed by atoms with E-state index >= 15 is 0 Å². The predicted octanol–water partition coefficient (Wildman–Crippen LogP) is 3.35. The van der Waals surface area contributed by atoms with Crippen LogP contribution in [0.5, 0.6) is 17.2 Å². The fourth-order valence-electron chi connectivity index (χ4n) is 5.20. The first kappa shape index (κ1) is 23.3. The minimum atomic E-state index is -1.37. The van der Waals surface area contributed by atoms with Crippen molar-refractivity contribution in [2.45, 2.75) is 30.7 Å². The molecule has 0 radical (unpaired) electrons. The van der Waals surface area contributed by atoms with Gasteiger partial charge < -0.3 is 28.4 Å². The van der Waals surface area contributed by atoms with Crippen LogP contribution in [0.4, 0.5) is 0 Å². The highest BCUT2D eigenvalue weighted by molar-refractivity contribution is 5.99. The fourth-order valence-corrected chi connectivity index (χ4v) is 5.20. The summed E-state index contributed by atoms with van der Waals surface area (Å²) >= 11 is 0. The molecule has 1 fully saturated rings. The van der Waals surface area contributed by atoms with E-state index in [9.17, 15) is 4.79 Å². The summed E-state index contributed by atoms with van der Waals surface area (Å²) in [7, 11) is 9.30. The third kappa shape index (κ3) is 3.45. The second-order valence-electron chi connectivity index (χ2n) is 7.84. The van der Waals surface area contributed by atoms with Crippen molar-refractivity contribution < 1.29 is 33.2 Å². The van der Waals surface area contributed by atoms with Gasteiger partial charge in [-0.1, -0.05) is 11.6 Å². The molecule has 3 aliphatic carbocycles. The van der Waals surface area contributed by atoms with Gasteiger partial charge in [-0.25, -0.2) is 0 Å². The Kier molecular flexibility index (Phi) is 6.79. The van der Waals surface area contributed by atoms with E-state index in [1.165, 1.54) is 14.2 Å². The Morgan fingerprint density at radius 1 is 1.00 bits per heavy atom. The molecule has 0 heterocycles. The number of methoxy groups -OCH3 is 6. The number of hydrogen-bond acceptors (Lipinski definition) is 7. The van der Waals surface area contributed by atoms with Crippen LogP contribution in [0.1, 0.15) is 18.4 Å². The largest absolute Gasteiger partial charge is 0.493 e. The molecule has 4 rings (SSSR count). The summed E-state index contributed by atoms with van der Waals surface area (Å²) in [5.74, 6) is -0.254. The Morgan fingerprint density at radius 2 is 1.61 bits per heavy atom. The molecule has 7 heteroatoms. The Morgan fingerprint density at radius 3 is 2.06 bits per heavy atom. The normalized spacial score (nSPS) is 26.4. The van der Waals surface area contributed by atoms with Gasteiger partial charge in [0, 0.05) is 33.2 Å². The maximum atomic E-state index is 13.7. The first-order valence-corrected chi connectivity index (χ1v) is 10.2. The van der Waals surface area contributed by atoms with E-state index in [0.29, 0.717) is 36.5 Å². The minimum Gasteiger partial charge on any atom is -0.493 e. The van der Waals surface area contributed by atoms with E-state index in [1.807, 2.05) is 24.3 Å². The van der Waals surface area contributed by atoms with Gasteiger partial charge >= 0.3 is 0 Å². The Labute approximate surface area is 183 Å². The Hall–Kier alpha value is -2.35. The topological polar surface area (TPSA) is 72.5 Å². The summed E-state index contributed by atoms with van der Waals surface area (Å²) in [6.45, 7) is 3.86. The summed E-state index contributed by atoms with van der Waals surface area (Å²) in [5, 5.41) is 0. The molecule has 1 aromatic carbocycles. The molecule has 3 aliphatic rings. The monoisotopic (exact) mass is 432 g/mol. The lowest BCUT2D eigenvalue weighted by molar-refractivity contribution is -0.259. The van der Waals surface area contributed by atoms with Gasteiger partial charge in [0.2, 0.25) is 17.3 Å². The molecule has 2 bridgehead atoms. The summed E-state index contributed by atoms with van der Waals surface area (Å²) in [5.41, 5.74) is 0.830. The van der Waals surface area contributed by atoms with Crippen LogP contribution in [0.2, 0.25) is 0 Å². The van der Waals surface area contributed by atoms with Crippen molar-refractivity contribution in [3.63, 3.8) is 0 Å². The SMILES string of the molecule is C=CCC1=C[C@@]2(OC)C(=O)C(OC)(OC)[C@@H]1C[C@@H]2Cc1cc(OC)c(OC)c(OC)c1. The van der Waals surface area contributed by atoms with Crippen molar-refractivity contribution in [2.75, 3.05) is 42.7 Å². The van der Waals surface area contributed by atoms with Crippen LogP contribution in [0, 0.1) is 11.8 Å². The number of allylic oxidation sites excluding steroid dienone is 1. The third-order valence-electron chi connectivity index (χ3n) is 6.64. The molecule has 0 aliphatic heterocycles. The molecule has 3 atom stereocenters. The van der Waals surface area contributed by atoms with Crippen molar-refractivity contribution >= 4 is 5.78 Å². The summed E-state index contributed by atoms with van der Waals surface area (Å²) < 4.78 is 33.8. The van der Waals surface area contributed by atoms with Crippen molar-refractivity contribution in [3.05, 3.63) is 42.0 Å². The van der Waals surface area contributed by atoms with Gasteiger partial charge in [-0.05, 0) is 43.0 Å². The molecule has 7 nitrogen and oxygen atoms in total. The van der Waals surface area contributed by atoms with Gasteiger partial charge in [0.05, 0.1) is 21.3 Å². The zero-order valence-electron chi connectivity index (χ0n) is 19.2. The van der Waals surface area contributed by atoms with Crippen LogP contribution in [0.25, 0.3) is 0 Å². The summed E-state index contributed by atoms with van der Waals surface area (Å²) in [4.78, 5) is 13.7. The molecule has 170 valence electrons. The van der Waals surface area contributed by atoms with E-state index in [-0.39, 0.29) is 17.6 Å². The smallest absolute Gasteiger partial charge is 0.238 e. The van der Waals surface area contributed by atoms with Crippen LogP contribution in [-0.2, 0) is 25.4 Å². The molecule has 0 spiro atoms. The Balaban J connectivity index is 2.07. The number of fused-ring (bicyclic) bond motifs is 2. The number of rotatable bonds is 10. The number of carbonyl (C=O) groups excluding carboxylic acids is 1. The molecular weight excluding hydrogens is 400 g/mol. The van der Waals surface area contributed by atoms with Gasteiger partial charge in [-0.2, -0.15) is 0 Å². The zero-order valence-corrected chi connectivity index (χ0v) is 19.2. The molecule has 0 unspecified atom stereocenters. The Bertz CT molecular complexity index is 846. The van der Waals surface area contributed by atoms with Crippen LogP contribution >= 0.6 is 0 Å². The van der Waals surface area contributed by atoms with Crippen LogP contribution in [0.3, 0.4) is 0 Å². The van der Waals surface area contributed by atoms with Crippen molar-refractivity contribution in [1.29, 1.82) is 0 Å². The minimum absolute atomic E-state index is 0.121. The molecule has 31 heavy (non-hydrogen) atoms. The molecule has 0 N–H and O–H groups in total. The van der Waals surface area contributed by atoms with E-state index in [4.69, 9.17) is 28.4 Å². The third-order valence-corrected chi connectivity index (χ3v) is 6.64. The van der Waals surface area contributed by atoms with Crippen molar-refractivity contribution in [3.8, 4) is 17.2 Å². The van der Waals surface area contributed by atoms with E-state index in [2.05, 4.69) is 6.58 Å². The van der Waals surface area contributed by atoms with Gasteiger partial charge in [-0.15, -0.1) is 6.58 Å². The zero-order chi connectivity index (χ0) is 22.8. The molecule has 1 aromatic rings. The van der Waals surface area contributed by atoms with Gasteiger partial charge in [-0.3, -0.25) is 4.79 Å². The lowest BCUT2D eigenvalue weighted by Crippen LogP contribution is -2.69. The van der Waals surface area contributed by atoms with Crippen molar-refractivity contribution in [1.82, 2.24) is 0 Å². The highest BCUT2D eigenvalue weighted by atomic mass is 16.7. The quantitative estimate of drug-likeness (QED) is 0.415. The first-order chi connectivity index (χ1) is 14.9. The second kappa shape index (κ2) is 9.02. The van der Waals surface area contributed by atoms with Gasteiger partial charge in [0.15, 0.2) is 17.1 Å². The number of ether oxygens (including phenoxy) is 6. The summed E-state index contributed by atoms with van der Waals surface area (Å²) in [6, 6.07) is 3.82. The highest BCUT2D eigenvalue weighted by Crippen LogP contribution is 2.55. The molecule has 0 aromatic heterocycles. The fraction of sp³-hybridized carbons (Fsp3) is 0.542. The lowest BCUT2D eigenvalue weighted by Gasteiger charge is -2.55. The first-order valence-electron chi connectivity index (χ1n) is 10.2. The van der Waals surface area contributed by atoms with Crippen LogP contribution in [-0.4, -0.2) is 59.8 Å². The maximum absolute atomic E-state index is 13.7. The van der Waals surface area contributed by atoms with E-state index < -0.39 is 11.4 Å². The second-order valence-corrected chi connectivity index (χ2v) is 7.84. The molecule has 0 saturated heterocycles. The number of ketones is 1. The van der Waals surface area contributed by atoms with Crippen molar-refractivity contribution in [2.24, 2.45) is 11.8 Å². The molecule has 1 saturated carbocycles. The molecular formula is C24H32O7. The van der Waals surface area contributed by atoms with E-state index in [1.54, 1.807) is 28.4 Å². The standard InChI is InChI=1S/C24H32O7/c1-8-9-16-14-23(29-5)17(13-18(16)24(30-6,31-7)22(23)25)10-15-11-19(26-2)21(28-4)20(12-15)27-3/h8,11-12,14,17-18H,1,9-10,13H2,2-7H3/t17-,18+,23-/m0/s1. The predicted molar refractivity (Wildman–Crippen MR) is 116 cm³/mol. The average molecular weight is 433 g/mol. The van der Waals surface area contributed by atoms with Crippen LogP contribution < -0.4 is 14.2 Å². The highest BCUT2D eigenvalue weighted by Gasteiger charge is 2.66. The lowest BCUT2D eigenvalue weighted by atomic mass is 9.57. The average Bonchev–Trinajstić information content (AvgIpc) is 2.80. The van der Waals surface area contributed by atoms with Gasteiger partial charge in [0.25, 0.3) is 0 Å². The van der Waals surface area contributed by atoms with Crippen LogP contribution in [0.15, 0.2) is 36.4 Å². The number of hydrogen-bond donors (Lipinski definition) is 0. The molecule has 0 amide bonds. The van der Waals surface area contributed by atoms with E-state index in [0.717, 1.165) is 11.1 Å². The van der Waals surface area contributed by atoms with Gasteiger partial charge in [0.1, 0.15) is 0 Å². The maximum Gasteiger partial charge on any atom is 0.238 e. The number of benzene rings is 1.